The van der Waals surface area contributed by atoms with Gasteiger partial charge < -0.3 is 39.9 Å². The van der Waals surface area contributed by atoms with Gasteiger partial charge in [0.15, 0.2) is 6.10 Å². The summed E-state index contributed by atoms with van der Waals surface area (Å²) in [5.74, 6) is -1.20. The third-order valence-electron chi connectivity index (χ3n) is 9.16. The molecule has 14 heteroatoms. The summed E-state index contributed by atoms with van der Waals surface area (Å²) in [6.07, 6.45) is 27.0. The van der Waals surface area contributed by atoms with Gasteiger partial charge in [-0.1, -0.05) is 138 Å². The third-order valence-corrected chi connectivity index (χ3v) is 10.1. The molecule has 0 heterocycles. The zero-order chi connectivity index (χ0) is 42.2. The number of carbonyl (C=O) groups excluding carboxylic acids is 2. The molecule has 0 spiro atoms. The van der Waals surface area contributed by atoms with E-state index in [0.29, 0.717) is 19.3 Å². The minimum atomic E-state index is -5.14. The maximum Gasteiger partial charge on any atom is 0.472 e. The summed E-state index contributed by atoms with van der Waals surface area (Å²) in [5.41, 5.74) is 0. The van der Waals surface area contributed by atoms with Gasteiger partial charge in [-0.15, -0.1) is 0 Å². The first-order valence-corrected chi connectivity index (χ1v) is 22.3. The Kier molecular flexibility index (Phi) is 30.4. The smallest absolute Gasteiger partial charge is 0.462 e. The SMILES string of the molecule is CC/C=C/C=C/C=C/C=C/C=C/CCCC(=O)OC(COC(=O)CCCCCCCCC/C=C/CCCCCC)COP(=O)(O)OC1C(O)C(O)C(O)[C@H](O)C1O. The molecule has 1 saturated carbocycles. The van der Waals surface area contributed by atoms with E-state index >= 15 is 0 Å². The number of ether oxygens (including phenoxy) is 2. The fourth-order valence-corrected chi connectivity index (χ4v) is 6.75. The van der Waals surface area contributed by atoms with Crippen molar-refractivity contribution in [3.8, 4) is 0 Å². The Morgan fingerprint density at radius 3 is 1.61 bits per heavy atom. The van der Waals surface area contributed by atoms with Crippen molar-refractivity contribution in [3.05, 3.63) is 72.9 Å². The molecule has 0 aromatic carbocycles. The number of phosphoric acid groups is 1. The molecule has 0 bridgehead atoms. The van der Waals surface area contributed by atoms with E-state index in [1.54, 1.807) is 0 Å². The predicted molar refractivity (Wildman–Crippen MR) is 221 cm³/mol. The fourth-order valence-electron chi connectivity index (χ4n) is 5.78. The van der Waals surface area contributed by atoms with E-state index in [1.807, 2.05) is 54.7 Å². The molecule has 13 nitrogen and oxygen atoms in total. The Morgan fingerprint density at radius 1 is 0.561 bits per heavy atom. The molecule has 1 aliphatic rings. The van der Waals surface area contributed by atoms with E-state index < -0.39 is 75.7 Å². The number of esters is 2. The summed E-state index contributed by atoms with van der Waals surface area (Å²) < 4.78 is 33.3. The number of hydrogen-bond donors (Lipinski definition) is 6. The van der Waals surface area contributed by atoms with Gasteiger partial charge in [-0.2, -0.15) is 0 Å². The van der Waals surface area contributed by atoms with Gasteiger partial charge in [-0.25, -0.2) is 4.57 Å². The Labute approximate surface area is 340 Å². The molecule has 0 saturated heterocycles. The van der Waals surface area contributed by atoms with Crippen molar-refractivity contribution in [2.75, 3.05) is 13.2 Å². The van der Waals surface area contributed by atoms with E-state index in [1.165, 1.54) is 38.5 Å². The average molecular weight is 827 g/mol. The van der Waals surface area contributed by atoms with Crippen molar-refractivity contribution in [3.63, 3.8) is 0 Å². The maximum absolute atomic E-state index is 12.8. The predicted octanol–water partition coefficient (Wildman–Crippen LogP) is 7.16. The van der Waals surface area contributed by atoms with Crippen molar-refractivity contribution in [1.82, 2.24) is 0 Å². The van der Waals surface area contributed by atoms with Crippen LogP contribution in [0.1, 0.15) is 129 Å². The van der Waals surface area contributed by atoms with Crippen LogP contribution in [0.4, 0.5) is 0 Å². The van der Waals surface area contributed by atoms with Crippen LogP contribution in [0.15, 0.2) is 72.9 Å². The number of aliphatic hydroxyl groups is 5. The van der Waals surface area contributed by atoms with Gasteiger partial charge in [-0.3, -0.25) is 18.6 Å². The normalized spacial score (nSPS) is 23.4. The fraction of sp³-hybridized carbons (Fsp3) is 0.674. The van der Waals surface area contributed by atoms with Gasteiger partial charge in [0.25, 0.3) is 0 Å². The molecule has 0 amide bonds. The lowest BCUT2D eigenvalue weighted by atomic mass is 9.85. The number of allylic oxidation sites excluding steroid dienone is 12. The van der Waals surface area contributed by atoms with Crippen LogP contribution in [0, 0.1) is 0 Å². The van der Waals surface area contributed by atoms with Crippen LogP contribution >= 0.6 is 7.82 Å². The molecule has 0 aliphatic heterocycles. The number of rotatable bonds is 32. The first kappa shape index (κ1) is 52.3. The van der Waals surface area contributed by atoms with Gasteiger partial charge >= 0.3 is 19.8 Å². The van der Waals surface area contributed by atoms with Crippen LogP contribution in [-0.4, -0.2) is 98.3 Å². The number of phosphoric ester groups is 1. The van der Waals surface area contributed by atoms with Gasteiger partial charge in [0, 0.05) is 12.8 Å². The molecule has 6 N–H and O–H groups in total. The Balaban J connectivity index is 2.56. The first-order chi connectivity index (χ1) is 27.4. The van der Waals surface area contributed by atoms with E-state index in [9.17, 15) is 44.6 Å². The molecular weight excluding hydrogens is 755 g/mol. The summed E-state index contributed by atoms with van der Waals surface area (Å²) in [5, 5.41) is 50.0. The van der Waals surface area contributed by atoms with Crippen LogP contribution in [0.25, 0.3) is 0 Å². The van der Waals surface area contributed by atoms with Crippen LogP contribution in [-0.2, 0) is 32.7 Å². The molecular formula is C43H71O13P. The monoisotopic (exact) mass is 826 g/mol. The summed E-state index contributed by atoms with van der Waals surface area (Å²) in [6.45, 7) is 3.04. The Hall–Kier alpha value is -2.71. The number of hydrogen-bond acceptors (Lipinski definition) is 12. The zero-order valence-electron chi connectivity index (χ0n) is 34.1. The molecule has 8 atom stereocenters. The van der Waals surface area contributed by atoms with Crippen molar-refractivity contribution < 1.29 is 63.1 Å². The lowest BCUT2D eigenvalue weighted by Gasteiger charge is -2.41. The quantitative estimate of drug-likeness (QED) is 0.0131. The van der Waals surface area contributed by atoms with Crippen LogP contribution < -0.4 is 0 Å². The zero-order valence-corrected chi connectivity index (χ0v) is 35.0. The second-order valence-corrected chi connectivity index (χ2v) is 15.6. The maximum atomic E-state index is 12.8. The number of aliphatic hydroxyl groups excluding tert-OH is 5. The first-order valence-electron chi connectivity index (χ1n) is 20.8. The molecule has 0 radical (unpaired) electrons. The van der Waals surface area contributed by atoms with Crippen molar-refractivity contribution >= 4 is 19.8 Å². The van der Waals surface area contributed by atoms with Gasteiger partial charge in [-0.05, 0) is 51.4 Å². The molecule has 1 fully saturated rings. The molecule has 326 valence electrons. The summed E-state index contributed by atoms with van der Waals surface area (Å²) in [4.78, 5) is 35.5. The minimum absolute atomic E-state index is 0.00382. The Bertz CT molecular complexity index is 1280. The highest BCUT2D eigenvalue weighted by atomic mass is 31.2. The van der Waals surface area contributed by atoms with Crippen LogP contribution in [0.5, 0.6) is 0 Å². The second kappa shape index (κ2) is 33.2. The van der Waals surface area contributed by atoms with Crippen LogP contribution in [0.2, 0.25) is 0 Å². The Morgan fingerprint density at radius 2 is 1.04 bits per heavy atom. The largest absolute Gasteiger partial charge is 0.472 e. The molecule has 0 aromatic heterocycles. The van der Waals surface area contributed by atoms with Crippen molar-refractivity contribution in [1.29, 1.82) is 0 Å². The van der Waals surface area contributed by atoms with E-state index in [4.69, 9.17) is 18.5 Å². The topological polar surface area (TPSA) is 210 Å². The third kappa shape index (κ3) is 26.1. The minimum Gasteiger partial charge on any atom is -0.462 e. The standard InChI is InChI=1S/C43H71O13P/c1-3-5-7-9-11-13-15-17-18-20-21-23-25-27-29-31-36(44)53-33-35(34-54-57(51,52)56-43-41(49)39(47)38(46)40(48)42(43)50)55-37(45)32-30-28-26-24-22-19-16-14-12-10-8-6-4-2/h6,8,10,12-16,19,22,24,26,35,38-43,46-50H,3-5,7,9,11,17-18,20-21,23,25,27-34H2,1-2H3,(H,51,52)/b8-6+,12-10+,15-13+,16-14+,22-19+,26-24+/t35?,38?,39-,40?,41?,42?,43?/m0/s1. The van der Waals surface area contributed by atoms with Crippen molar-refractivity contribution in [2.24, 2.45) is 0 Å². The number of carbonyl (C=O) groups is 2. The van der Waals surface area contributed by atoms with Gasteiger partial charge in [0.1, 0.15) is 43.2 Å². The van der Waals surface area contributed by atoms with Gasteiger partial charge in [0.2, 0.25) is 0 Å². The summed E-state index contributed by atoms with van der Waals surface area (Å²) >= 11 is 0. The van der Waals surface area contributed by atoms with Crippen molar-refractivity contribution in [2.45, 2.75) is 172 Å². The number of unbranched alkanes of at least 4 members (excludes halogenated alkanes) is 12. The summed E-state index contributed by atoms with van der Waals surface area (Å²) in [7, 11) is -5.14. The van der Waals surface area contributed by atoms with Gasteiger partial charge in [0.05, 0.1) is 6.61 Å². The van der Waals surface area contributed by atoms with E-state index in [2.05, 4.69) is 32.1 Å². The molecule has 1 rings (SSSR count). The van der Waals surface area contributed by atoms with E-state index in [0.717, 1.165) is 44.9 Å². The second-order valence-electron chi connectivity index (χ2n) is 14.2. The van der Waals surface area contributed by atoms with Crippen LogP contribution in [0.3, 0.4) is 0 Å². The average Bonchev–Trinajstić information content (AvgIpc) is 3.19. The highest BCUT2D eigenvalue weighted by molar-refractivity contribution is 7.47. The summed E-state index contributed by atoms with van der Waals surface area (Å²) in [6, 6.07) is 0. The lowest BCUT2D eigenvalue weighted by molar-refractivity contribution is -0.220. The highest BCUT2D eigenvalue weighted by Crippen LogP contribution is 2.47. The molecule has 57 heavy (non-hydrogen) atoms. The molecule has 0 aromatic rings. The molecule has 7 unspecified atom stereocenters. The molecule has 1 aliphatic carbocycles. The highest BCUT2D eigenvalue weighted by Gasteiger charge is 2.51. The lowest BCUT2D eigenvalue weighted by Crippen LogP contribution is -2.64. The van der Waals surface area contributed by atoms with E-state index in [-0.39, 0.29) is 12.8 Å².